The van der Waals surface area contributed by atoms with Crippen LogP contribution < -0.4 is 10.1 Å². The Morgan fingerprint density at radius 2 is 1.70 bits per heavy atom. The van der Waals surface area contributed by atoms with Crippen molar-refractivity contribution in [3.05, 3.63) is 69.2 Å². The first kappa shape index (κ1) is 23.9. The second kappa shape index (κ2) is 9.17. The summed E-state index contributed by atoms with van der Waals surface area (Å²) >= 11 is 18.8. The number of amides is 1. The fourth-order valence-electron chi connectivity index (χ4n) is 4.10. The maximum absolute atomic E-state index is 13.2. The third-order valence-electron chi connectivity index (χ3n) is 5.55. The lowest BCUT2D eigenvalue weighted by Gasteiger charge is -2.37. The number of aromatic nitrogens is 1. The minimum Gasteiger partial charge on any atom is -0.471 e. The first-order valence-corrected chi connectivity index (χ1v) is 11.9. The fraction of sp³-hybridized carbons (Fsp3) is 0.308. The van der Waals surface area contributed by atoms with E-state index in [0.717, 1.165) is 22.3 Å². The molecule has 7 heteroatoms. The number of nitrogens with zero attached hydrogens (tertiary/aromatic N) is 1. The van der Waals surface area contributed by atoms with Gasteiger partial charge in [0.15, 0.2) is 0 Å². The number of carbonyl (C=O) groups excluding carboxylic acids is 1. The van der Waals surface area contributed by atoms with Crippen LogP contribution in [-0.4, -0.2) is 22.5 Å². The molecule has 1 amide bonds. The lowest BCUT2D eigenvalue weighted by Crippen LogP contribution is -2.42. The highest BCUT2D eigenvalue weighted by molar-refractivity contribution is 6.36. The highest BCUT2D eigenvalue weighted by Crippen LogP contribution is 2.45. The van der Waals surface area contributed by atoms with Gasteiger partial charge in [-0.05, 0) is 69.7 Å². The van der Waals surface area contributed by atoms with Crippen molar-refractivity contribution in [2.24, 2.45) is 0 Å². The van der Waals surface area contributed by atoms with Gasteiger partial charge in [-0.1, -0.05) is 46.9 Å². The molecule has 0 bridgehead atoms. The lowest BCUT2D eigenvalue weighted by molar-refractivity contribution is -0.125. The molecule has 1 aliphatic rings. The molecule has 2 aromatic carbocycles. The Labute approximate surface area is 209 Å². The number of hydrogen-bond acceptors (Lipinski definition) is 3. The Hall–Kier alpha value is -2.27. The Morgan fingerprint density at radius 1 is 1.03 bits per heavy atom. The van der Waals surface area contributed by atoms with Crippen molar-refractivity contribution < 1.29 is 9.53 Å². The van der Waals surface area contributed by atoms with Crippen molar-refractivity contribution in [2.75, 3.05) is 0 Å². The Morgan fingerprint density at radius 3 is 2.33 bits per heavy atom. The standard InChI is InChI=1S/C26H25Cl3N2O2/c1-14(2)30-24(32)21-13-26(3,4)33-25-20(21)12-19(15-5-7-16(27)8-6-15)23(31-25)18-10-9-17(28)11-22(18)29/h5-12,14,21H,13H2,1-4H3,(H,30,32). The molecule has 1 aromatic heterocycles. The Balaban J connectivity index is 1.96. The third-order valence-corrected chi connectivity index (χ3v) is 6.35. The highest BCUT2D eigenvalue weighted by atomic mass is 35.5. The average molecular weight is 504 g/mol. The summed E-state index contributed by atoms with van der Waals surface area (Å²) in [5, 5.41) is 4.70. The molecule has 0 fully saturated rings. The van der Waals surface area contributed by atoms with Crippen molar-refractivity contribution in [1.29, 1.82) is 0 Å². The van der Waals surface area contributed by atoms with Crippen LogP contribution in [0.4, 0.5) is 0 Å². The maximum Gasteiger partial charge on any atom is 0.228 e. The van der Waals surface area contributed by atoms with Gasteiger partial charge in [-0.15, -0.1) is 0 Å². The van der Waals surface area contributed by atoms with Gasteiger partial charge in [-0.25, -0.2) is 4.98 Å². The SMILES string of the molecule is CC(C)NC(=O)C1CC(C)(C)Oc2nc(-c3ccc(Cl)cc3Cl)c(-c3ccc(Cl)cc3)cc21. The molecule has 4 nitrogen and oxygen atoms in total. The van der Waals surface area contributed by atoms with Crippen LogP contribution in [0.5, 0.6) is 5.88 Å². The second-order valence-corrected chi connectivity index (χ2v) is 10.5. The monoisotopic (exact) mass is 502 g/mol. The summed E-state index contributed by atoms with van der Waals surface area (Å²) < 4.78 is 6.26. The first-order valence-electron chi connectivity index (χ1n) is 10.8. The van der Waals surface area contributed by atoms with Gasteiger partial charge in [0.25, 0.3) is 0 Å². The summed E-state index contributed by atoms with van der Waals surface area (Å²) in [6.45, 7) is 7.84. The predicted molar refractivity (Wildman–Crippen MR) is 135 cm³/mol. The quantitative estimate of drug-likeness (QED) is 0.400. The van der Waals surface area contributed by atoms with Gasteiger partial charge < -0.3 is 10.1 Å². The molecule has 0 radical (unpaired) electrons. The molecule has 0 saturated carbocycles. The van der Waals surface area contributed by atoms with Crippen molar-refractivity contribution >= 4 is 40.7 Å². The molecule has 1 atom stereocenters. The van der Waals surface area contributed by atoms with Crippen LogP contribution in [0.3, 0.4) is 0 Å². The van der Waals surface area contributed by atoms with Gasteiger partial charge in [0, 0.05) is 39.2 Å². The minimum atomic E-state index is -0.554. The molecule has 1 aliphatic heterocycles. The molecule has 0 spiro atoms. The Bertz CT molecular complexity index is 1210. The molecule has 1 N–H and O–H groups in total. The van der Waals surface area contributed by atoms with Gasteiger partial charge in [-0.2, -0.15) is 0 Å². The number of carbonyl (C=O) groups is 1. The number of halogens is 3. The summed E-state index contributed by atoms with van der Waals surface area (Å²) in [5.41, 5.74) is 3.32. The van der Waals surface area contributed by atoms with E-state index in [-0.39, 0.29) is 17.9 Å². The summed E-state index contributed by atoms with van der Waals surface area (Å²) in [6.07, 6.45) is 0.543. The van der Waals surface area contributed by atoms with Crippen LogP contribution in [0.25, 0.3) is 22.4 Å². The van der Waals surface area contributed by atoms with Gasteiger partial charge in [-0.3, -0.25) is 4.79 Å². The van der Waals surface area contributed by atoms with Crippen LogP contribution in [0.1, 0.15) is 45.6 Å². The van der Waals surface area contributed by atoms with E-state index in [2.05, 4.69) is 5.32 Å². The number of nitrogens with one attached hydrogen (secondary N) is 1. The van der Waals surface area contributed by atoms with Crippen LogP contribution in [0.15, 0.2) is 48.5 Å². The molecule has 0 aliphatic carbocycles. The van der Waals surface area contributed by atoms with Crippen LogP contribution >= 0.6 is 34.8 Å². The largest absolute Gasteiger partial charge is 0.471 e. The van der Waals surface area contributed by atoms with Crippen molar-refractivity contribution in [2.45, 2.75) is 51.7 Å². The van der Waals surface area contributed by atoms with E-state index in [4.69, 9.17) is 44.5 Å². The maximum atomic E-state index is 13.2. The van der Waals surface area contributed by atoms with Crippen molar-refractivity contribution in [3.63, 3.8) is 0 Å². The van der Waals surface area contributed by atoms with Gasteiger partial charge >= 0.3 is 0 Å². The highest BCUT2D eigenvalue weighted by Gasteiger charge is 2.39. The topological polar surface area (TPSA) is 51.2 Å². The number of fused-ring (bicyclic) bond motifs is 1. The van der Waals surface area contributed by atoms with Gasteiger partial charge in [0.1, 0.15) is 5.60 Å². The van der Waals surface area contributed by atoms with E-state index >= 15 is 0 Å². The van der Waals surface area contributed by atoms with E-state index in [1.165, 1.54) is 0 Å². The number of ether oxygens (including phenoxy) is 1. The summed E-state index contributed by atoms with van der Waals surface area (Å²) in [5.74, 6) is 0.0112. The van der Waals surface area contributed by atoms with Crippen molar-refractivity contribution in [1.82, 2.24) is 10.3 Å². The molecule has 2 heterocycles. The normalized spacial score (nSPS) is 16.8. The second-order valence-electron chi connectivity index (χ2n) is 9.19. The van der Waals surface area contributed by atoms with Crippen molar-refractivity contribution in [3.8, 4) is 28.3 Å². The molecule has 1 unspecified atom stereocenters. The third kappa shape index (κ3) is 5.13. The Kier molecular flexibility index (Phi) is 6.63. The van der Waals surface area contributed by atoms with Gasteiger partial charge in [0.2, 0.25) is 11.8 Å². The zero-order valence-corrected chi connectivity index (χ0v) is 21.1. The van der Waals surface area contributed by atoms with E-state index in [1.54, 1.807) is 12.1 Å². The van der Waals surface area contributed by atoms with Gasteiger partial charge in [0.05, 0.1) is 16.6 Å². The summed E-state index contributed by atoms with van der Waals surface area (Å²) in [7, 11) is 0. The molecule has 4 rings (SSSR count). The molecular formula is C26H25Cl3N2O2. The summed E-state index contributed by atoms with van der Waals surface area (Å²) in [6, 6.07) is 14.8. The molecule has 33 heavy (non-hydrogen) atoms. The fourth-order valence-corrected chi connectivity index (χ4v) is 4.73. The van der Waals surface area contributed by atoms with E-state index in [0.29, 0.717) is 33.1 Å². The number of rotatable bonds is 4. The minimum absolute atomic E-state index is 0.0303. The first-order chi connectivity index (χ1) is 15.5. The predicted octanol–water partition coefficient (Wildman–Crippen LogP) is 7.55. The molecule has 0 saturated heterocycles. The molecule has 172 valence electrons. The van der Waals surface area contributed by atoms with E-state index < -0.39 is 5.60 Å². The number of pyridine rings is 1. The molecular weight excluding hydrogens is 479 g/mol. The zero-order valence-electron chi connectivity index (χ0n) is 18.9. The van der Waals surface area contributed by atoms with E-state index in [9.17, 15) is 4.79 Å². The zero-order chi connectivity index (χ0) is 23.9. The van der Waals surface area contributed by atoms with Crippen LogP contribution in [-0.2, 0) is 4.79 Å². The average Bonchev–Trinajstić information content (AvgIpc) is 2.72. The molecule has 3 aromatic rings. The smallest absolute Gasteiger partial charge is 0.228 e. The summed E-state index contributed by atoms with van der Waals surface area (Å²) in [4.78, 5) is 18.1. The van der Waals surface area contributed by atoms with Crippen LogP contribution in [0.2, 0.25) is 15.1 Å². The number of benzene rings is 2. The lowest BCUT2D eigenvalue weighted by atomic mass is 9.83. The van der Waals surface area contributed by atoms with Crippen LogP contribution in [0, 0.1) is 0 Å². The van der Waals surface area contributed by atoms with E-state index in [1.807, 2.05) is 64.1 Å². The number of hydrogen-bond donors (Lipinski definition) is 1.